The number of aryl methyl sites for hydroxylation is 1. The Morgan fingerprint density at radius 1 is 1.09 bits per heavy atom. The molecule has 32 heavy (non-hydrogen) atoms. The largest absolute Gasteiger partial charge is 0.486 e. The Morgan fingerprint density at radius 2 is 1.84 bits per heavy atom. The van der Waals surface area contributed by atoms with E-state index in [0.717, 1.165) is 11.4 Å². The molecule has 0 atom stereocenters. The van der Waals surface area contributed by atoms with Gasteiger partial charge in [-0.05, 0) is 36.8 Å². The number of halogens is 1. The Morgan fingerprint density at radius 3 is 2.59 bits per heavy atom. The van der Waals surface area contributed by atoms with E-state index in [9.17, 15) is 9.59 Å². The van der Waals surface area contributed by atoms with Crippen LogP contribution in [0.2, 0.25) is 5.02 Å². The first kappa shape index (κ1) is 22.0. The van der Waals surface area contributed by atoms with Crippen LogP contribution in [0.25, 0.3) is 10.8 Å². The minimum absolute atomic E-state index is 0.000804. The average molecular weight is 470 g/mol. The lowest BCUT2D eigenvalue weighted by molar-refractivity contribution is 0.0460. The third-order valence-corrected chi connectivity index (χ3v) is 5.75. The number of fused-ring (bicyclic) bond motifs is 1. The molecule has 2 aromatic carbocycles. The second kappa shape index (κ2) is 9.93. The summed E-state index contributed by atoms with van der Waals surface area (Å²) in [6.45, 7) is 2.67. The zero-order valence-corrected chi connectivity index (χ0v) is 18.9. The number of thiazole rings is 1. The van der Waals surface area contributed by atoms with Crippen molar-refractivity contribution < 1.29 is 14.3 Å². The van der Waals surface area contributed by atoms with Crippen molar-refractivity contribution in [3.8, 4) is 5.75 Å². The Bertz CT molecular complexity index is 1300. The van der Waals surface area contributed by atoms with E-state index in [4.69, 9.17) is 21.1 Å². The smallest absolute Gasteiger partial charge is 0.359 e. The lowest BCUT2D eigenvalue weighted by Gasteiger charge is -2.10. The van der Waals surface area contributed by atoms with E-state index in [1.165, 1.54) is 16.0 Å². The molecule has 2 aromatic heterocycles. The summed E-state index contributed by atoms with van der Waals surface area (Å²) in [6.07, 6.45) is 0.722. The van der Waals surface area contributed by atoms with Gasteiger partial charge in [-0.15, -0.1) is 11.3 Å². The highest BCUT2D eigenvalue weighted by molar-refractivity contribution is 7.09. The SMILES string of the molecule is CCCn1nc(C(=O)OCc2csc(COc3ccc(Cl)cc3)n2)c2ccccc2c1=O. The Balaban J connectivity index is 1.44. The van der Waals surface area contributed by atoms with Gasteiger partial charge in [-0.25, -0.2) is 14.5 Å². The first-order valence-corrected chi connectivity index (χ1v) is 11.3. The zero-order chi connectivity index (χ0) is 22.5. The third-order valence-electron chi connectivity index (χ3n) is 4.62. The van der Waals surface area contributed by atoms with Gasteiger partial charge >= 0.3 is 5.97 Å². The highest BCUT2D eigenvalue weighted by atomic mass is 35.5. The van der Waals surface area contributed by atoms with Crippen molar-refractivity contribution in [1.82, 2.24) is 14.8 Å². The number of hydrogen-bond donors (Lipinski definition) is 0. The maximum absolute atomic E-state index is 12.8. The summed E-state index contributed by atoms with van der Waals surface area (Å²) >= 11 is 7.29. The molecule has 0 amide bonds. The summed E-state index contributed by atoms with van der Waals surface area (Å²) in [7, 11) is 0. The maximum Gasteiger partial charge on any atom is 0.359 e. The molecule has 0 radical (unpaired) electrons. The van der Waals surface area contributed by atoms with Gasteiger partial charge in [-0.1, -0.05) is 36.7 Å². The second-order valence-corrected chi connectivity index (χ2v) is 8.35. The highest BCUT2D eigenvalue weighted by Gasteiger charge is 2.18. The predicted octanol–water partition coefficient (Wildman–Crippen LogP) is 4.85. The first-order chi connectivity index (χ1) is 15.5. The van der Waals surface area contributed by atoms with Crippen LogP contribution in [-0.2, 0) is 24.5 Å². The van der Waals surface area contributed by atoms with Crippen molar-refractivity contribution in [2.45, 2.75) is 33.1 Å². The molecule has 0 spiro atoms. The van der Waals surface area contributed by atoms with Gasteiger partial charge in [0, 0.05) is 22.3 Å². The molecule has 0 aliphatic rings. The van der Waals surface area contributed by atoms with Gasteiger partial charge in [-0.3, -0.25) is 4.79 Å². The minimum Gasteiger partial charge on any atom is -0.486 e. The summed E-state index contributed by atoms with van der Waals surface area (Å²) in [6, 6.07) is 14.0. The lowest BCUT2D eigenvalue weighted by atomic mass is 10.1. The summed E-state index contributed by atoms with van der Waals surface area (Å²) in [5, 5.41) is 8.39. The molecular formula is C23H20ClN3O4S. The number of ether oxygens (including phenoxy) is 2. The highest BCUT2D eigenvalue weighted by Crippen LogP contribution is 2.19. The van der Waals surface area contributed by atoms with Crippen molar-refractivity contribution in [3.05, 3.63) is 85.7 Å². The molecule has 4 rings (SSSR count). The lowest BCUT2D eigenvalue weighted by Crippen LogP contribution is -2.26. The molecule has 4 aromatic rings. The molecule has 2 heterocycles. The Labute approximate surface area is 193 Å². The molecule has 0 bridgehead atoms. The van der Waals surface area contributed by atoms with Crippen LogP contribution in [0, 0.1) is 0 Å². The van der Waals surface area contributed by atoms with E-state index in [0.29, 0.717) is 40.4 Å². The van der Waals surface area contributed by atoms with Crippen LogP contribution in [0.1, 0.15) is 34.5 Å². The second-order valence-electron chi connectivity index (χ2n) is 6.97. The summed E-state index contributed by atoms with van der Waals surface area (Å²) < 4.78 is 12.5. The van der Waals surface area contributed by atoms with Gasteiger partial charge in [0.05, 0.1) is 11.1 Å². The number of carbonyl (C=O) groups excluding carboxylic acids is 1. The topological polar surface area (TPSA) is 83.3 Å². The van der Waals surface area contributed by atoms with E-state index in [2.05, 4.69) is 10.1 Å². The van der Waals surface area contributed by atoms with Gasteiger partial charge < -0.3 is 9.47 Å². The number of nitrogens with zero attached hydrogens (tertiary/aromatic N) is 3. The van der Waals surface area contributed by atoms with Crippen molar-refractivity contribution in [2.24, 2.45) is 0 Å². The molecule has 0 saturated carbocycles. The van der Waals surface area contributed by atoms with Gasteiger partial charge in [-0.2, -0.15) is 5.10 Å². The Hall–Kier alpha value is -3.23. The monoisotopic (exact) mass is 469 g/mol. The molecule has 0 aliphatic carbocycles. The number of aromatic nitrogens is 3. The van der Waals surface area contributed by atoms with Crippen LogP contribution < -0.4 is 10.3 Å². The fraction of sp³-hybridized carbons (Fsp3) is 0.217. The number of carbonyl (C=O) groups is 1. The standard InChI is InChI=1S/C23H20ClN3O4S/c1-2-11-27-22(28)19-6-4-3-5-18(19)21(26-27)23(29)31-12-16-14-32-20(25-16)13-30-17-9-7-15(24)8-10-17/h3-10,14H,2,11-13H2,1H3. The van der Waals surface area contributed by atoms with Crippen molar-refractivity contribution in [3.63, 3.8) is 0 Å². The third kappa shape index (κ3) is 4.98. The van der Waals surface area contributed by atoms with Crippen LogP contribution in [0.4, 0.5) is 0 Å². The van der Waals surface area contributed by atoms with E-state index in [-0.39, 0.29) is 17.9 Å². The number of esters is 1. The molecule has 0 fully saturated rings. The Kier molecular flexibility index (Phi) is 6.82. The van der Waals surface area contributed by atoms with Gasteiger partial charge in [0.25, 0.3) is 5.56 Å². The first-order valence-electron chi connectivity index (χ1n) is 10.0. The molecule has 0 aliphatic heterocycles. The van der Waals surface area contributed by atoms with Crippen LogP contribution in [-0.4, -0.2) is 20.7 Å². The quantitative estimate of drug-likeness (QED) is 0.343. The molecule has 7 nitrogen and oxygen atoms in total. The van der Waals surface area contributed by atoms with E-state index in [1.807, 2.05) is 12.3 Å². The zero-order valence-electron chi connectivity index (χ0n) is 17.3. The summed E-state index contributed by atoms with van der Waals surface area (Å²) in [5.74, 6) is 0.0933. The van der Waals surface area contributed by atoms with Crippen LogP contribution in [0.15, 0.2) is 58.7 Å². The molecule has 164 valence electrons. The van der Waals surface area contributed by atoms with Crippen LogP contribution >= 0.6 is 22.9 Å². The molecule has 9 heteroatoms. The van der Waals surface area contributed by atoms with Crippen LogP contribution in [0.3, 0.4) is 0 Å². The summed E-state index contributed by atoms with van der Waals surface area (Å²) in [5.41, 5.74) is 0.517. The van der Waals surface area contributed by atoms with Gasteiger partial charge in [0.15, 0.2) is 5.69 Å². The fourth-order valence-corrected chi connectivity index (χ4v) is 3.93. The van der Waals surface area contributed by atoms with E-state index < -0.39 is 5.97 Å². The van der Waals surface area contributed by atoms with Gasteiger partial charge in [0.2, 0.25) is 0 Å². The molecular weight excluding hydrogens is 450 g/mol. The fourth-order valence-electron chi connectivity index (χ4n) is 3.11. The van der Waals surface area contributed by atoms with E-state index in [1.54, 1.807) is 48.5 Å². The van der Waals surface area contributed by atoms with Crippen molar-refractivity contribution in [2.75, 3.05) is 0 Å². The van der Waals surface area contributed by atoms with Crippen molar-refractivity contribution in [1.29, 1.82) is 0 Å². The average Bonchev–Trinajstić information content (AvgIpc) is 3.27. The molecule has 0 N–H and O–H groups in total. The number of rotatable bonds is 8. The molecule has 0 saturated heterocycles. The van der Waals surface area contributed by atoms with Crippen LogP contribution in [0.5, 0.6) is 5.75 Å². The summed E-state index contributed by atoms with van der Waals surface area (Å²) in [4.78, 5) is 29.8. The normalized spacial score (nSPS) is 10.9. The molecule has 0 unspecified atom stereocenters. The number of benzene rings is 2. The van der Waals surface area contributed by atoms with E-state index >= 15 is 0 Å². The number of hydrogen-bond acceptors (Lipinski definition) is 7. The minimum atomic E-state index is -0.599. The van der Waals surface area contributed by atoms with Gasteiger partial charge in [0.1, 0.15) is 24.0 Å². The van der Waals surface area contributed by atoms with Crippen molar-refractivity contribution >= 4 is 39.7 Å². The predicted molar refractivity (Wildman–Crippen MR) is 123 cm³/mol. The maximum atomic E-state index is 12.8.